The summed E-state index contributed by atoms with van der Waals surface area (Å²) in [6, 6.07) is 0. The van der Waals surface area contributed by atoms with Crippen LogP contribution in [-0.2, 0) is 14.3 Å². The van der Waals surface area contributed by atoms with E-state index in [0.29, 0.717) is 0 Å². The number of carboxylic acid groups (broad SMARTS) is 1. The Morgan fingerprint density at radius 1 is 1.33 bits per heavy atom. The molecule has 0 aromatic heterocycles. The Hall–Kier alpha value is -1.30. The largest absolute Gasteiger partial charge is 0.478 e. The summed E-state index contributed by atoms with van der Waals surface area (Å²) < 4.78 is 9.61. The van der Waals surface area contributed by atoms with E-state index in [0.717, 1.165) is 4.90 Å². The van der Waals surface area contributed by atoms with Crippen LogP contribution in [0, 0.1) is 0 Å². The van der Waals surface area contributed by atoms with Crippen molar-refractivity contribution in [2.24, 2.45) is 0 Å². The molecule has 1 N–H and O–H groups in total. The lowest BCUT2D eigenvalue weighted by atomic mass is 10.2. The number of carbonyl (C=O) groups excluding carboxylic acids is 1. The number of carbonyl (C=O) groups is 2. The molecule has 0 radical (unpaired) electrons. The number of ether oxygens (including phenoxy) is 2. The van der Waals surface area contributed by atoms with Gasteiger partial charge in [-0.25, -0.2) is 9.59 Å². The maximum absolute atomic E-state index is 11.4. The molecule has 1 atom stereocenters. The molecule has 1 unspecified atom stereocenters. The average Bonchev–Trinajstić information content (AvgIpc) is 2.01. The number of carboxylic acids is 1. The van der Waals surface area contributed by atoms with Gasteiger partial charge in [0.1, 0.15) is 5.60 Å². The average molecular weight is 219 g/mol. The summed E-state index contributed by atoms with van der Waals surface area (Å²) in [5.74, 6) is -1.24. The Bertz CT molecular complexity index is 245. The number of hydrogen-bond donors (Lipinski definition) is 1. The van der Waals surface area contributed by atoms with E-state index in [2.05, 4.69) is 4.74 Å². The number of aliphatic carboxylic acids is 1. The minimum Gasteiger partial charge on any atom is -0.478 e. The Morgan fingerprint density at radius 3 is 2.07 bits per heavy atom. The van der Waals surface area contributed by atoms with Crippen molar-refractivity contribution in [2.45, 2.75) is 32.6 Å². The monoisotopic (exact) mass is 219 g/mol. The van der Waals surface area contributed by atoms with Crippen LogP contribution in [0.4, 0.5) is 4.79 Å². The number of hydrogen-bond acceptors (Lipinski definition) is 4. The second-order valence-corrected chi connectivity index (χ2v) is 4.02. The Morgan fingerprint density at radius 2 is 1.80 bits per heavy atom. The van der Waals surface area contributed by atoms with Crippen LogP contribution in [-0.4, -0.2) is 48.1 Å². The van der Waals surface area contributed by atoms with Crippen molar-refractivity contribution in [1.29, 1.82) is 0 Å². The van der Waals surface area contributed by atoms with Gasteiger partial charge in [-0.2, -0.15) is 0 Å². The standard InChI is InChI=1S/C9H17NO5/c1-9(2,3)15-8(13)10(4)6(14-5)7(11)12/h6H,1-5H3,(H,11,12). The smallest absolute Gasteiger partial charge is 0.412 e. The van der Waals surface area contributed by atoms with E-state index in [1.807, 2.05) is 0 Å². The quantitative estimate of drug-likeness (QED) is 0.714. The van der Waals surface area contributed by atoms with Crippen molar-refractivity contribution in [3.05, 3.63) is 0 Å². The molecule has 0 aromatic rings. The number of amides is 1. The van der Waals surface area contributed by atoms with Gasteiger partial charge in [-0.15, -0.1) is 0 Å². The van der Waals surface area contributed by atoms with Gasteiger partial charge < -0.3 is 14.6 Å². The van der Waals surface area contributed by atoms with E-state index in [1.165, 1.54) is 14.2 Å². The van der Waals surface area contributed by atoms with Gasteiger partial charge in [-0.1, -0.05) is 0 Å². The molecule has 88 valence electrons. The zero-order valence-electron chi connectivity index (χ0n) is 9.60. The maximum atomic E-state index is 11.4. The first-order chi connectivity index (χ1) is 6.69. The Kier molecular flexibility index (Phi) is 4.54. The summed E-state index contributed by atoms with van der Waals surface area (Å²) in [4.78, 5) is 23.0. The highest BCUT2D eigenvalue weighted by atomic mass is 16.6. The normalized spacial score (nSPS) is 13.1. The maximum Gasteiger partial charge on any atom is 0.412 e. The molecule has 0 aliphatic carbocycles. The molecule has 0 spiro atoms. The number of nitrogens with zero attached hydrogens (tertiary/aromatic N) is 1. The molecule has 0 fully saturated rings. The molecule has 0 heterocycles. The molecule has 6 heteroatoms. The lowest BCUT2D eigenvalue weighted by Crippen LogP contribution is -2.45. The van der Waals surface area contributed by atoms with Gasteiger partial charge in [-0.05, 0) is 20.8 Å². The summed E-state index contributed by atoms with van der Waals surface area (Å²) in [5.41, 5.74) is -0.665. The molecule has 0 rings (SSSR count). The highest BCUT2D eigenvalue weighted by Crippen LogP contribution is 2.11. The molecule has 0 aromatic carbocycles. The predicted octanol–water partition coefficient (Wildman–Crippen LogP) is 0.910. The molecule has 0 aliphatic heterocycles. The van der Waals surface area contributed by atoms with Crippen LogP contribution in [0.5, 0.6) is 0 Å². The lowest BCUT2D eigenvalue weighted by molar-refractivity contribution is -0.158. The zero-order valence-corrected chi connectivity index (χ0v) is 9.60. The van der Waals surface area contributed by atoms with E-state index >= 15 is 0 Å². The predicted molar refractivity (Wildman–Crippen MR) is 52.4 cm³/mol. The van der Waals surface area contributed by atoms with Crippen molar-refractivity contribution in [2.75, 3.05) is 14.2 Å². The first-order valence-electron chi connectivity index (χ1n) is 4.40. The van der Waals surface area contributed by atoms with E-state index in [4.69, 9.17) is 9.84 Å². The van der Waals surface area contributed by atoms with Crippen molar-refractivity contribution in [3.63, 3.8) is 0 Å². The van der Waals surface area contributed by atoms with Crippen LogP contribution in [0.15, 0.2) is 0 Å². The lowest BCUT2D eigenvalue weighted by Gasteiger charge is -2.27. The van der Waals surface area contributed by atoms with Gasteiger partial charge in [-0.3, -0.25) is 4.90 Å². The second-order valence-electron chi connectivity index (χ2n) is 4.02. The Balaban J connectivity index is 4.49. The van der Waals surface area contributed by atoms with Crippen LogP contribution >= 0.6 is 0 Å². The summed E-state index contributed by atoms with van der Waals surface area (Å²) in [6.07, 6.45) is -2.07. The van der Waals surface area contributed by atoms with E-state index in [-0.39, 0.29) is 0 Å². The van der Waals surface area contributed by atoms with Crippen LogP contribution in [0.25, 0.3) is 0 Å². The minimum atomic E-state index is -1.33. The second kappa shape index (κ2) is 4.97. The number of likely N-dealkylation sites (N-methyl/N-ethyl adjacent to an activating group) is 1. The van der Waals surface area contributed by atoms with Gasteiger partial charge in [0.2, 0.25) is 6.23 Å². The van der Waals surface area contributed by atoms with Crippen molar-refractivity contribution in [1.82, 2.24) is 4.90 Å². The molecular formula is C9H17NO5. The number of methoxy groups -OCH3 is 1. The molecule has 15 heavy (non-hydrogen) atoms. The van der Waals surface area contributed by atoms with Crippen LogP contribution < -0.4 is 0 Å². The summed E-state index contributed by atoms with van der Waals surface area (Å²) in [7, 11) is 2.51. The van der Waals surface area contributed by atoms with Crippen LogP contribution in [0.1, 0.15) is 20.8 Å². The van der Waals surface area contributed by atoms with E-state index < -0.39 is 23.9 Å². The van der Waals surface area contributed by atoms with Gasteiger partial charge in [0.25, 0.3) is 0 Å². The summed E-state index contributed by atoms with van der Waals surface area (Å²) in [6.45, 7) is 5.09. The van der Waals surface area contributed by atoms with Crippen LogP contribution in [0.2, 0.25) is 0 Å². The fourth-order valence-corrected chi connectivity index (χ4v) is 0.854. The highest BCUT2D eigenvalue weighted by Gasteiger charge is 2.29. The van der Waals surface area contributed by atoms with E-state index in [9.17, 15) is 9.59 Å². The SMILES string of the molecule is COC(C(=O)O)N(C)C(=O)OC(C)(C)C. The van der Waals surface area contributed by atoms with Gasteiger partial charge in [0.15, 0.2) is 0 Å². The third-order valence-electron chi connectivity index (χ3n) is 1.47. The molecule has 6 nitrogen and oxygen atoms in total. The van der Waals surface area contributed by atoms with Gasteiger partial charge in [0.05, 0.1) is 0 Å². The molecule has 1 amide bonds. The Labute approximate surface area is 88.8 Å². The molecule has 0 aliphatic rings. The van der Waals surface area contributed by atoms with Crippen LogP contribution in [0.3, 0.4) is 0 Å². The van der Waals surface area contributed by atoms with E-state index in [1.54, 1.807) is 20.8 Å². The third-order valence-corrected chi connectivity index (χ3v) is 1.47. The fourth-order valence-electron chi connectivity index (χ4n) is 0.854. The third kappa shape index (κ3) is 4.64. The first kappa shape index (κ1) is 13.7. The fraction of sp³-hybridized carbons (Fsp3) is 0.778. The molecule has 0 saturated heterocycles. The zero-order chi connectivity index (χ0) is 12.2. The van der Waals surface area contributed by atoms with Crippen molar-refractivity contribution in [3.8, 4) is 0 Å². The molecular weight excluding hydrogens is 202 g/mol. The van der Waals surface area contributed by atoms with Crippen molar-refractivity contribution >= 4 is 12.1 Å². The topological polar surface area (TPSA) is 76.1 Å². The van der Waals surface area contributed by atoms with Gasteiger partial charge >= 0.3 is 12.1 Å². The summed E-state index contributed by atoms with van der Waals surface area (Å²) >= 11 is 0. The van der Waals surface area contributed by atoms with Gasteiger partial charge in [0, 0.05) is 14.2 Å². The summed E-state index contributed by atoms with van der Waals surface area (Å²) in [5, 5.41) is 8.72. The number of rotatable bonds is 3. The molecule has 0 bridgehead atoms. The first-order valence-corrected chi connectivity index (χ1v) is 4.40. The molecule has 0 saturated carbocycles. The highest BCUT2D eigenvalue weighted by molar-refractivity contribution is 5.78. The minimum absolute atomic E-state index is 0.665. The van der Waals surface area contributed by atoms with Crippen molar-refractivity contribution < 1.29 is 24.2 Å².